The maximum absolute atomic E-state index is 12.5. The van der Waals surface area contributed by atoms with Gasteiger partial charge < -0.3 is 14.9 Å². The van der Waals surface area contributed by atoms with Gasteiger partial charge in [0.2, 0.25) is 0 Å². The van der Waals surface area contributed by atoms with Gasteiger partial charge in [0, 0.05) is 19.1 Å². The van der Waals surface area contributed by atoms with Crippen molar-refractivity contribution in [1.82, 2.24) is 9.80 Å². The van der Waals surface area contributed by atoms with Crippen molar-refractivity contribution in [2.75, 3.05) is 19.6 Å². The van der Waals surface area contributed by atoms with Gasteiger partial charge in [0.1, 0.15) is 6.54 Å². The average Bonchev–Trinajstić information content (AvgIpc) is 2.33. The number of hydrogen-bond acceptors (Lipinski definition) is 2. The minimum absolute atomic E-state index is 0.0426. The summed E-state index contributed by atoms with van der Waals surface area (Å²) in [5.41, 5.74) is 0. The number of carbonyl (C=O) groups is 2. The lowest BCUT2D eigenvalue weighted by molar-refractivity contribution is -0.138. The maximum atomic E-state index is 12.5. The summed E-state index contributed by atoms with van der Waals surface area (Å²) in [6.45, 7) is 7.01. The highest BCUT2D eigenvalue weighted by Gasteiger charge is 2.28. The number of carboxylic acids is 1. The highest BCUT2D eigenvalue weighted by molar-refractivity contribution is 5.80. The molecule has 0 radical (unpaired) electrons. The van der Waals surface area contributed by atoms with Crippen LogP contribution in [0.25, 0.3) is 0 Å². The predicted molar refractivity (Wildman–Crippen MR) is 74.1 cm³/mol. The lowest BCUT2D eigenvalue weighted by Gasteiger charge is -2.36. The molecule has 1 aliphatic rings. The molecule has 1 rings (SSSR count). The Morgan fingerprint density at radius 2 is 1.95 bits per heavy atom. The fourth-order valence-electron chi connectivity index (χ4n) is 2.29. The summed E-state index contributed by atoms with van der Waals surface area (Å²) >= 11 is 0. The van der Waals surface area contributed by atoms with E-state index in [4.69, 9.17) is 5.11 Å². The smallest absolute Gasteiger partial charge is 0.323 e. The Balaban J connectivity index is 2.67. The van der Waals surface area contributed by atoms with Gasteiger partial charge >= 0.3 is 12.0 Å². The van der Waals surface area contributed by atoms with Gasteiger partial charge in [0.05, 0.1) is 0 Å². The molecular weight excluding hydrogens is 244 g/mol. The SMILES string of the molecule is CCC(C)N(CC(=O)O)C(=O)N(CC)CC1CCC1. The summed E-state index contributed by atoms with van der Waals surface area (Å²) in [6.07, 6.45) is 4.39. The number of rotatable bonds is 7. The molecule has 1 unspecified atom stereocenters. The van der Waals surface area contributed by atoms with Crippen molar-refractivity contribution in [1.29, 1.82) is 0 Å². The van der Waals surface area contributed by atoms with Gasteiger partial charge in [-0.1, -0.05) is 13.3 Å². The van der Waals surface area contributed by atoms with Crippen molar-refractivity contribution in [2.24, 2.45) is 5.92 Å². The van der Waals surface area contributed by atoms with E-state index in [1.165, 1.54) is 24.2 Å². The van der Waals surface area contributed by atoms with Crippen LogP contribution in [0.1, 0.15) is 46.5 Å². The van der Waals surface area contributed by atoms with Crippen LogP contribution >= 0.6 is 0 Å². The summed E-state index contributed by atoms with van der Waals surface area (Å²) in [5, 5.41) is 8.96. The maximum Gasteiger partial charge on any atom is 0.323 e. The minimum atomic E-state index is -0.951. The molecule has 19 heavy (non-hydrogen) atoms. The van der Waals surface area contributed by atoms with Gasteiger partial charge in [0.25, 0.3) is 0 Å². The van der Waals surface area contributed by atoms with Crippen molar-refractivity contribution in [3.8, 4) is 0 Å². The van der Waals surface area contributed by atoms with Crippen molar-refractivity contribution in [2.45, 2.75) is 52.5 Å². The first-order valence-corrected chi connectivity index (χ1v) is 7.26. The molecule has 1 saturated carbocycles. The lowest BCUT2D eigenvalue weighted by Crippen LogP contribution is -2.50. The van der Waals surface area contributed by atoms with E-state index < -0.39 is 5.97 Å². The highest BCUT2D eigenvalue weighted by atomic mass is 16.4. The Labute approximate surface area is 115 Å². The number of hydrogen-bond donors (Lipinski definition) is 1. The molecule has 0 heterocycles. The van der Waals surface area contributed by atoms with Crippen LogP contribution in [0.2, 0.25) is 0 Å². The molecule has 0 aromatic rings. The first kappa shape index (κ1) is 15.8. The summed E-state index contributed by atoms with van der Waals surface area (Å²) in [5.74, 6) is -0.346. The zero-order chi connectivity index (χ0) is 14.4. The Morgan fingerprint density at radius 3 is 2.32 bits per heavy atom. The molecule has 1 aliphatic carbocycles. The van der Waals surface area contributed by atoms with Crippen LogP contribution in [-0.4, -0.2) is 52.6 Å². The molecular formula is C14H26N2O3. The normalized spacial score (nSPS) is 16.6. The summed E-state index contributed by atoms with van der Waals surface area (Å²) in [6, 6.07) is -0.176. The Hall–Kier alpha value is -1.26. The number of nitrogens with zero attached hydrogens (tertiary/aromatic N) is 2. The molecule has 0 aromatic carbocycles. The molecule has 1 N–H and O–H groups in total. The first-order valence-electron chi connectivity index (χ1n) is 7.26. The second-order valence-corrected chi connectivity index (χ2v) is 5.40. The van der Waals surface area contributed by atoms with Gasteiger partial charge in [-0.2, -0.15) is 0 Å². The highest BCUT2D eigenvalue weighted by Crippen LogP contribution is 2.27. The monoisotopic (exact) mass is 270 g/mol. The van der Waals surface area contributed by atoms with Crippen LogP contribution in [0.4, 0.5) is 4.79 Å². The first-order chi connectivity index (χ1) is 8.99. The van der Waals surface area contributed by atoms with E-state index in [0.717, 1.165) is 13.0 Å². The van der Waals surface area contributed by atoms with Crippen LogP contribution in [-0.2, 0) is 4.79 Å². The molecule has 2 amide bonds. The summed E-state index contributed by atoms with van der Waals surface area (Å²) in [7, 11) is 0. The third-order valence-electron chi connectivity index (χ3n) is 4.03. The largest absolute Gasteiger partial charge is 0.480 e. The lowest BCUT2D eigenvalue weighted by atomic mass is 9.85. The number of carboxylic acid groups (broad SMARTS) is 1. The number of aliphatic carboxylic acids is 1. The molecule has 5 nitrogen and oxygen atoms in total. The third kappa shape index (κ3) is 4.40. The predicted octanol–water partition coefficient (Wildman–Crippen LogP) is 2.41. The van der Waals surface area contributed by atoms with Crippen LogP contribution in [0.15, 0.2) is 0 Å². The fourth-order valence-corrected chi connectivity index (χ4v) is 2.29. The minimum Gasteiger partial charge on any atom is -0.480 e. The Morgan fingerprint density at radius 1 is 1.32 bits per heavy atom. The van der Waals surface area contributed by atoms with E-state index in [0.29, 0.717) is 12.5 Å². The average molecular weight is 270 g/mol. The van der Waals surface area contributed by atoms with E-state index in [9.17, 15) is 9.59 Å². The van der Waals surface area contributed by atoms with Crippen molar-refractivity contribution >= 4 is 12.0 Å². The summed E-state index contributed by atoms with van der Waals surface area (Å²) < 4.78 is 0. The van der Waals surface area contributed by atoms with E-state index in [1.54, 1.807) is 4.90 Å². The number of carbonyl (C=O) groups excluding carboxylic acids is 1. The van der Waals surface area contributed by atoms with Gasteiger partial charge in [-0.05, 0) is 39.0 Å². The molecule has 0 saturated heterocycles. The molecule has 5 heteroatoms. The molecule has 0 bridgehead atoms. The Kier molecular flexibility index (Phi) is 6.12. The number of amides is 2. The van der Waals surface area contributed by atoms with Crippen molar-refractivity contribution < 1.29 is 14.7 Å². The van der Waals surface area contributed by atoms with Crippen LogP contribution in [0.5, 0.6) is 0 Å². The Bertz CT molecular complexity index is 316. The number of urea groups is 1. The van der Waals surface area contributed by atoms with Crippen LogP contribution in [0, 0.1) is 5.92 Å². The van der Waals surface area contributed by atoms with Gasteiger partial charge in [-0.3, -0.25) is 4.79 Å². The second kappa shape index (κ2) is 7.36. The standard InChI is InChI=1S/C14H26N2O3/c1-4-11(3)16(10-13(17)18)14(19)15(5-2)9-12-7-6-8-12/h11-12H,4-10H2,1-3H3,(H,17,18). The summed E-state index contributed by atoms with van der Waals surface area (Å²) in [4.78, 5) is 26.7. The van der Waals surface area contributed by atoms with Gasteiger partial charge in [0.15, 0.2) is 0 Å². The van der Waals surface area contributed by atoms with E-state index in [-0.39, 0.29) is 18.6 Å². The molecule has 0 aromatic heterocycles. The molecule has 1 atom stereocenters. The molecule has 110 valence electrons. The zero-order valence-corrected chi connectivity index (χ0v) is 12.3. The second-order valence-electron chi connectivity index (χ2n) is 5.40. The van der Waals surface area contributed by atoms with Crippen LogP contribution in [0.3, 0.4) is 0 Å². The topological polar surface area (TPSA) is 60.9 Å². The van der Waals surface area contributed by atoms with Gasteiger partial charge in [-0.25, -0.2) is 4.79 Å². The fraction of sp³-hybridized carbons (Fsp3) is 0.857. The van der Waals surface area contributed by atoms with Crippen molar-refractivity contribution in [3.63, 3.8) is 0 Å². The molecule has 0 spiro atoms. The molecule has 1 fully saturated rings. The third-order valence-corrected chi connectivity index (χ3v) is 4.03. The van der Waals surface area contributed by atoms with E-state index >= 15 is 0 Å². The van der Waals surface area contributed by atoms with Crippen LogP contribution < -0.4 is 0 Å². The van der Waals surface area contributed by atoms with Crippen molar-refractivity contribution in [3.05, 3.63) is 0 Å². The molecule has 0 aliphatic heterocycles. The zero-order valence-electron chi connectivity index (χ0n) is 12.3. The van der Waals surface area contributed by atoms with E-state index in [2.05, 4.69) is 0 Å². The quantitative estimate of drug-likeness (QED) is 0.772. The van der Waals surface area contributed by atoms with E-state index in [1.807, 2.05) is 20.8 Å². The van der Waals surface area contributed by atoms with Gasteiger partial charge in [-0.15, -0.1) is 0 Å².